The molecule has 5 nitrogen and oxygen atoms in total. The van der Waals surface area contributed by atoms with Crippen molar-refractivity contribution in [2.75, 3.05) is 14.2 Å². The van der Waals surface area contributed by atoms with E-state index in [0.717, 1.165) is 31.2 Å². The summed E-state index contributed by atoms with van der Waals surface area (Å²) in [6.45, 7) is 1.85. The molecule has 0 atom stereocenters. The maximum Gasteiger partial charge on any atom is 0.244 e. The minimum atomic E-state index is -3.61. The second-order valence-corrected chi connectivity index (χ2v) is 7.11. The fourth-order valence-corrected chi connectivity index (χ4v) is 4.21. The lowest BCUT2D eigenvalue weighted by Crippen LogP contribution is -2.36. The monoisotopic (exact) mass is 313 g/mol. The van der Waals surface area contributed by atoms with Crippen LogP contribution in [0.15, 0.2) is 17.0 Å². The first-order chi connectivity index (χ1) is 9.97. The summed E-state index contributed by atoms with van der Waals surface area (Å²) >= 11 is 0. The van der Waals surface area contributed by atoms with Crippen molar-refractivity contribution in [1.82, 2.24) is 4.72 Å². The van der Waals surface area contributed by atoms with E-state index in [2.05, 4.69) is 4.72 Å². The number of nitrogens with one attached hydrogen (secondary N) is 1. The average Bonchev–Trinajstić information content (AvgIpc) is 2.47. The van der Waals surface area contributed by atoms with Gasteiger partial charge in [-0.25, -0.2) is 13.1 Å². The van der Waals surface area contributed by atoms with Crippen molar-refractivity contribution in [3.8, 4) is 11.5 Å². The summed E-state index contributed by atoms with van der Waals surface area (Å²) in [7, 11) is -0.606. The van der Waals surface area contributed by atoms with Crippen LogP contribution in [0.1, 0.15) is 37.7 Å². The summed E-state index contributed by atoms with van der Waals surface area (Å²) in [5.41, 5.74) is 0.839. The zero-order valence-electron chi connectivity index (χ0n) is 12.8. The SMILES string of the molecule is COc1cc(S(=O)(=O)NC2CCCCC2)c(OC)cc1C. The molecular weight excluding hydrogens is 290 g/mol. The van der Waals surface area contributed by atoms with Gasteiger partial charge in [0, 0.05) is 12.1 Å². The van der Waals surface area contributed by atoms with Crippen LogP contribution in [-0.4, -0.2) is 28.7 Å². The molecule has 1 aliphatic rings. The molecule has 0 amide bonds. The molecule has 0 saturated heterocycles. The van der Waals surface area contributed by atoms with Gasteiger partial charge in [0.25, 0.3) is 0 Å². The lowest BCUT2D eigenvalue weighted by Gasteiger charge is -2.23. The Bertz CT molecular complexity index is 592. The molecule has 0 unspecified atom stereocenters. The van der Waals surface area contributed by atoms with Gasteiger partial charge in [0.2, 0.25) is 10.0 Å². The Kier molecular flexibility index (Phi) is 5.11. The number of aryl methyl sites for hydroxylation is 1. The molecule has 0 aromatic heterocycles. The standard InChI is InChI=1S/C15H23NO4S/c1-11-9-14(20-3)15(10-13(11)19-2)21(17,18)16-12-7-5-4-6-8-12/h9-10,12,16H,4-8H2,1-3H3. The highest BCUT2D eigenvalue weighted by molar-refractivity contribution is 7.89. The lowest BCUT2D eigenvalue weighted by atomic mass is 9.96. The second-order valence-electron chi connectivity index (χ2n) is 5.43. The van der Waals surface area contributed by atoms with Gasteiger partial charge in [-0.2, -0.15) is 0 Å². The van der Waals surface area contributed by atoms with Gasteiger partial charge in [-0.15, -0.1) is 0 Å². The van der Waals surface area contributed by atoms with Gasteiger partial charge in [-0.05, 0) is 31.4 Å². The Morgan fingerprint density at radius 3 is 2.24 bits per heavy atom. The second kappa shape index (κ2) is 6.66. The fraction of sp³-hybridized carbons (Fsp3) is 0.600. The van der Waals surface area contributed by atoms with Gasteiger partial charge in [-0.3, -0.25) is 0 Å². The van der Waals surface area contributed by atoms with Crippen molar-refractivity contribution in [3.63, 3.8) is 0 Å². The molecule has 0 heterocycles. The van der Waals surface area contributed by atoms with Gasteiger partial charge in [0.05, 0.1) is 14.2 Å². The van der Waals surface area contributed by atoms with Crippen molar-refractivity contribution in [1.29, 1.82) is 0 Å². The van der Waals surface area contributed by atoms with E-state index >= 15 is 0 Å². The van der Waals surface area contributed by atoms with Crippen LogP contribution in [0.3, 0.4) is 0 Å². The molecule has 1 fully saturated rings. The zero-order chi connectivity index (χ0) is 15.5. The summed E-state index contributed by atoms with van der Waals surface area (Å²) in [5, 5.41) is 0. The molecule has 1 aliphatic carbocycles. The smallest absolute Gasteiger partial charge is 0.244 e. The first kappa shape index (κ1) is 16.1. The first-order valence-electron chi connectivity index (χ1n) is 7.23. The van der Waals surface area contributed by atoms with Gasteiger partial charge < -0.3 is 9.47 Å². The van der Waals surface area contributed by atoms with Crippen LogP contribution in [0, 0.1) is 6.92 Å². The molecule has 1 saturated carbocycles. The summed E-state index contributed by atoms with van der Waals surface area (Å²) in [6.07, 6.45) is 5.11. The molecule has 0 radical (unpaired) electrons. The van der Waals surface area contributed by atoms with Crippen LogP contribution in [-0.2, 0) is 10.0 Å². The van der Waals surface area contributed by atoms with Crippen molar-refractivity contribution >= 4 is 10.0 Å². The highest BCUT2D eigenvalue weighted by atomic mass is 32.2. The van der Waals surface area contributed by atoms with Gasteiger partial charge >= 0.3 is 0 Å². The Balaban J connectivity index is 2.33. The van der Waals surface area contributed by atoms with Crippen molar-refractivity contribution < 1.29 is 17.9 Å². The molecule has 1 aromatic rings. The van der Waals surface area contributed by atoms with E-state index < -0.39 is 10.0 Å². The minimum Gasteiger partial charge on any atom is -0.496 e. The number of ether oxygens (including phenoxy) is 2. The summed E-state index contributed by atoms with van der Waals surface area (Å²) in [5.74, 6) is 0.886. The van der Waals surface area contributed by atoms with E-state index in [9.17, 15) is 8.42 Å². The highest BCUT2D eigenvalue weighted by Crippen LogP contribution is 2.32. The predicted octanol–water partition coefficient (Wildman–Crippen LogP) is 2.62. The third-order valence-electron chi connectivity index (χ3n) is 3.90. The third kappa shape index (κ3) is 3.68. The van der Waals surface area contributed by atoms with Crippen molar-refractivity contribution in [3.05, 3.63) is 17.7 Å². The Labute approximate surface area is 126 Å². The summed E-state index contributed by atoms with van der Waals surface area (Å²) in [4.78, 5) is 0.137. The fourth-order valence-electron chi connectivity index (χ4n) is 2.74. The number of hydrogen-bond acceptors (Lipinski definition) is 4. The summed E-state index contributed by atoms with van der Waals surface area (Å²) < 4.78 is 38.5. The van der Waals surface area contributed by atoms with E-state index in [1.165, 1.54) is 26.7 Å². The van der Waals surface area contributed by atoms with Crippen molar-refractivity contribution in [2.24, 2.45) is 0 Å². The van der Waals surface area contributed by atoms with E-state index in [4.69, 9.17) is 9.47 Å². The topological polar surface area (TPSA) is 64.6 Å². The molecule has 21 heavy (non-hydrogen) atoms. The Morgan fingerprint density at radius 2 is 1.67 bits per heavy atom. The number of methoxy groups -OCH3 is 2. The number of benzene rings is 1. The minimum absolute atomic E-state index is 0.0146. The van der Waals surface area contributed by atoms with Crippen LogP contribution in [0.2, 0.25) is 0 Å². The molecule has 0 bridgehead atoms. The lowest BCUT2D eigenvalue weighted by molar-refractivity contribution is 0.387. The Hall–Kier alpha value is -1.27. The van der Waals surface area contributed by atoms with Gasteiger partial charge in [0.15, 0.2) is 0 Å². The molecule has 6 heteroatoms. The first-order valence-corrected chi connectivity index (χ1v) is 8.71. The molecule has 2 rings (SSSR count). The van der Waals surface area contributed by atoms with Gasteiger partial charge in [-0.1, -0.05) is 19.3 Å². The maximum absolute atomic E-state index is 12.6. The van der Waals surface area contributed by atoms with E-state index in [-0.39, 0.29) is 10.9 Å². The van der Waals surface area contributed by atoms with Crippen LogP contribution < -0.4 is 14.2 Å². The third-order valence-corrected chi connectivity index (χ3v) is 5.44. The summed E-state index contributed by atoms with van der Waals surface area (Å²) in [6, 6.07) is 3.23. The number of hydrogen-bond donors (Lipinski definition) is 1. The normalized spacial score (nSPS) is 16.7. The number of sulfonamides is 1. The van der Waals surface area contributed by atoms with Crippen molar-refractivity contribution in [2.45, 2.75) is 50.0 Å². The molecule has 0 aliphatic heterocycles. The highest BCUT2D eigenvalue weighted by Gasteiger charge is 2.26. The quantitative estimate of drug-likeness (QED) is 0.907. The predicted molar refractivity (Wildman–Crippen MR) is 81.5 cm³/mol. The van der Waals surface area contributed by atoms with E-state index in [0.29, 0.717) is 11.5 Å². The molecule has 1 aromatic carbocycles. The van der Waals surface area contributed by atoms with Crippen LogP contribution in [0.5, 0.6) is 11.5 Å². The largest absolute Gasteiger partial charge is 0.496 e. The maximum atomic E-state index is 12.6. The van der Waals surface area contributed by atoms with Crippen LogP contribution in [0.25, 0.3) is 0 Å². The average molecular weight is 313 g/mol. The Morgan fingerprint density at radius 1 is 1.05 bits per heavy atom. The molecule has 118 valence electrons. The van der Waals surface area contributed by atoms with Crippen LogP contribution >= 0.6 is 0 Å². The molecule has 0 spiro atoms. The van der Waals surface area contributed by atoms with Gasteiger partial charge in [0.1, 0.15) is 16.4 Å². The molecular formula is C15H23NO4S. The molecule has 1 N–H and O–H groups in total. The van der Waals surface area contributed by atoms with Crippen LogP contribution in [0.4, 0.5) is 0 Å². The van der Waals surface area contributed by atoms with E-state index in [1.807, 2.05) is 6.92 Å². The number of rotatable bonds is 5. The zero-order valence-corrected chi connectivity index (χ0v) is 13.6. The van der Waals surface area contributed by atoms with E-state index in [1.54, 1.807) is 6.07 Å².